The fourth-order valence-corrected chi connectivity index (χ4v) is 2.46. The largest absolute Gasteiger partial charge is 0.483 e. The van der Waals surface area contributed by atoms with Crippen molar-refractivity contribution in [3.63, 3.8) is 0 Å². The van der Waals surface area contributed by atoms with Crippen LogP contribution in [0.5, 0.6) is 5.75 Å². The van der Waals surface area contributed by atoms with Gasteiger partial charge in [-0.3, -0.25) is 4.79 Å². The molecule has 0 aliphatic heterocycles. The minimum absolute atomic E-state index is 0.0966. The zero-order chi connectivity index (χ0) is 17.1. The van der Waals surface area contributed by atoms with Crippen molar-refractivity contribution in [2.45, 2.75) is 13.8 Å². The third-order valence-electron chi connectivity index (χ3n) is 3.69. The highest BCUT2D eigenvalue weighted by Crippen LogP contribution is 2.21. The zero-order valence-corrected chi connectivity index (χ0v) is 13.5. The predicted octanol–water partition coefficient (Wildman–Crippen LogP) is 3.43. The second-order valence-corrected chi connectivity index (χ2v) is 5.56. The minimum atomic E-state index is -0.411. The third-order valence-corrected chi connectivity index (χ3v) is 3.69. The van der Waals surface area contributed by atoms with E-state index in [2.05, 4.69) is 5.32 Å². The fraction of sp³-hybridized carbons (Fsp3) is 0.158. The topological polar surface area (TPSA) is 68.5 Å². The third kappa shape index (κ3) is 3.46. The number of ether oxygens (including phenoxy) is 1. The second kappa shape index (κ2) is 6.58. The minimum Gasteiger partial charge on any atom is -0.483 e. The number of carbonyl (C=O) groups excluding carboxylic acids is 1. The molecule has 0 aliphatic rings. The maximum absolute atomic E-state index is 12.0. The molecule has 0 fully saturated rings. The van der Waals surface area contributed by atoms with Crippen molar-refractivity contribution < 1.29 is 13.9 Å². The van der Waals surface area contributed by atoms with Crippen LogP contribution in [0, 0.1) is 13.8 Å². The first-order chi connectivity index (χ1) is 11.5. The first-order valence-corrected chi connectivity index (χ1v) is 7.56. The number of anilines is 1. The molecule has 0 spiro atoms. The summed E-state index contributed by atoms with van der Waals surface area (Å²) in [5, 5.41) is 3.57. The van der Waals surface area contributed by atoms with Crippen molar-refractivity contribution >= 4 is 22.6 Å². The Morgan fingerprint density at radius 2 is 1.88 bits per heavy atom. The van der Waals surface area contributed by atoms with Crippen LogP contribution in [0.2, 0.25) is 0 Å². The highest BCUT2D eigenvalue weighted by Gasteiger charge is 2.08. The Labute approximate surface area is 138 Å². The normalized spacial score (nSPS) is 10.6. The van der Waals surface area contributed by atoms with Gasteiger partial charge >= 0.3 is 5.63 Å². The van der Waals surface area contributed by atoms with Crippen LogP contribution in [0.4, 0.5) is 5.69 Å². The van der Waals surface area contributed by atoms with E-state index in [0.29, 0.717) is 17.0 Å². The molecule has 0 bridgehead atoms. The summed E-state index contributed by atoms with van der Waals surface area (Å²) in [6.07, 6.45) is 0. The van der Waals surface area contributed by atoms with E-state index in [4.69, 9.17) is 9.15 Å². The Balaban J connectivity index is 1.71. The lowest BCUT2D eigenvalue weighted by atomic mass is 10.1. The van der Waals surface area contributed by atoms with Gasteiger partial charge < -0.3 is 14.5 Å². The van der Waals surface area contributed by atoms with E-state index in [1.807, 2.05) is 44.2 Å². The highest BCUT2D eigenvalue weighted by molar-refractivity contribution is 5.94. The van der Waals surface area contributed by atoms with Gasteiger partial charge in [0, 0.05) is 23.2 Å². The Hall–Kier alpha value is -3.08. The van der Waals surface area contributed by atoms with E-state index >= 15 is 0 Å². The molecule has 3 aromatic rings. The molecule has 5 heteroatoms. The van der Waals surface area contributed by atoms with Gasteiger partial charge in [0.2, 0.25) is 0 Å². The molecule has 5 nitrogen and oxygen atoms in total. The zero-order valence-electron chi connectivity index (χ0n) is 13.5. The molecule has 122 valence electrons. The lowest BCUT2D eigenvalue weighted by Gasteiger charge is -2.10. The van der Waals surface area contributed by atoms with Crippen LogP contribution in [0.25, 0.3) is 11.0 Å². The monoisotopic (exact) mass is 323 g/mol. The summed E-state index contributed by atoms with van der Waals surface area (Å²) in [5.41, 5.74) is 2.38. The first-order valence-electron chi connectivity index (χ1n) is 7.56. The van der Waals surface area contributed by atoms with Crippen LogP contribution in [-0.4, -0.2) is 12.5 Å². The molecule has 0 atom stereocenters. The molecular weight excluding hydrogens is 306 g/mol. The van der Waals surface area contributed by atoms with Gasteiger partial charge in [0.05, 0.1) is 0 Å². The number of amides is 1. The predicted molar refractivity (Wildman–Crippen MR) is 92.5 cm³/mol. The Morgan fingerprint density at radius 3 is 2.67 bits per heavy atom. The van der Waals surface area contributed by atoms with Crippen LogP contribution in [0.3, 0.4) is 0 Å². The number of carbonyl (C=O) groups is 1. The fourth-order valence-electron chi connectivity index (χ4n) is 2.46. The Morgan fingerprint density at radius 1 is 1.08 bits per heavy atom. The van der Waals surface area contributed by atoms with Gasteiger partial charge in [-0.05, 0) is 43.2 Å². The number of hydrogen-bond acceptors (Lipinski definition) is 4. The number of benzene rings is 2. The molecule has 0 saturated carbocycles. The van der Waals surface area contributed by atoms with Crippen LogP contribution in [-0.2, 0) is 4.79 Å². The van der Waals surface area contributed by atoms with E-state index in [9.17, 15) is 9.59 Å². The maximum Gasteiger partial charge on any atom is 0.336 e. The van der Waals surface area contributed by atoms with E-state index in [-0.39, 0.29) is 12.5 Å². The highest BCUT2D eigenvalue weighted by atomic mass is 16.5. The van der Waals surface area contributed by atoms with E-state index in [1.165, 1.54) is 6.07 Å². The maximum atomic E-state index is 12.0. The number of fused-ring (bicyclic) bond motifs is 1. The lowest BCUT2D eigenvalue weighted by molar-refractivity contribution is -0.118. The number of nitrogens with one attached hydrogen (secondary N) is 1. The molecule has 24 heavy (non-hydrogen) atoms. The summed E-state index contributed by atoms with van der Waals surface area (Å²) < 4.78 is 10.7. The van der Waals surface area contributed by atoms with Crippen molar-refractivity contribution in [2.75, 3.05) is 11.9 Å². The van der Waals surface area contributed by atoms with Crippen molar-refractivity contribution in [3.05, 3.63) is 70.1 Å². The average Bonchev–Trinajstić information content (AvgIpc) is 2.53. The SMILES string of the molecule is Cc1ccccc1OCC(=O)Nc1ccc2c(C)cc(=O)oc2c1. The van der Waals surface area contributed by atoms with Crippen molar-refractivity contribution in [1.82, 2.24) is 0 Å². The van der Waals surface area contributed by atoms with Gasteiger partial charge in [0.15, 0.2) is 6.61 Å². The second-order valence-electron chi connectivity index (χ2n) is 5.56. The number of hydrogen-bond donors (Lipinski definition) is 1. The first kappa shape index (κ1) is 15.8. The number of rotatable bonds is 4. The molecule has 0 unspecified atom stereocenters. The van der Waals surface area contributed by atoms with Crippen LogP contribution in [0.1, 0.15) is 11.1 Å². The molecule has 1 amide bonds. The molecule has 2 aromatic carbocycles. The van der Waals surface area contributed by atoms with Crippen LogP contribution in [0.15, 0.2) is 57.7 Å². The molecule has 3 rings (SSSR count). The molecule has 0 saturated heterocycles. The quantitative estimate of drug-likeness (QED) is 0.747. The molecule has 1 aromatic heterocycles. The number of aryl methyl sites for hydroxylation is 2. The summed E-state index contributed by atoms with van der Waals surface area (Å²) in [7, 11) is 0. The van der Waals surface area contributed by atoms with E-state index in [1.54, 1.807) is 12.1 Å². The van der Waals surface area contributed by atoms with Crippen molar-refractivity contribution in [2.24, 2.45) is 0 Å². The van der Waals surface area contributed by atoms with Crippen LogP contribution < -0.4 is 15.7 Å². The van der Waals surface area contributed by atoms with Crippen molar-refractivity contribution in [1.29, 1.82) is 0 Å². The summed E-state index contributed by atoms with van der Waals surface area (Å²) in [6.45, 7) is 3.66. The summed E-state index contributed by atoms with van der Waals surface area (Å²) in [5.74, 6) is 0.389. The van der Waals surface area contributed by atoms with Gasteiger partial charge in [-0.2, -0.15) is 0 Å². The number of para-hydroxylation sites is 1. The summed E-state index contributed by atoms with van der Waals surface area (Å²) in [4.78, 5) is 23.5. The smallest absolute Gasteiger partial charge is 0.336 e. The van der Waals surface area contributed by atoms with Gasteiger partial charge in [0.25, 0.3) is 5.91 Å². The Bertz CT molecular complexity index is 959. The lowest BCUT2D eigenvalue weighted by Crippen LogP contribution is -2.20. The van der Waals surface area contributed by atoms with Gasteiger partial charge in [-0.15, -0.1) is 0 Å². The summed E-state index contributed by atoms with van der Waals surface area (Å²) >= 11 is 0. The van der Waals surface area contributed by atoms with E-state index in [0.717, 1.165) is 16.5 Å². The standard InChI is InChI=1S/C19H17NO4/c1-12-5-3-4-6-16(12)23-11-18(21)20-14-7-8-15-13(2)9-19(22)24-17(15)10-14/h3-10H,11H2,1-2H3,(H,20,21). The van der Waals surface area contributed by atoms with Gasteiger partial charge in [0.1, 0.15) is 11.3 Å². The average molecular weight is 323 g/mol. The summed E-state index contributed by atoms with van der Waals surface area (Å²) in [6, 6.07) is 14.1. The van der Waals surface area contributed by atoms with Crippen LogP contribution >= 0.6 is 0 Å². The molecular formula is C19H17NO4. The molecule has 0 radical (unpaired) electrons. The molecule has 1 N–H and O–H groups in total. The molecule has 0 aliphatic carbocycles. The van der Waals surface area contributed by atoms with Gasteiger partial charge in [-0.25, -0.2) is 4.79 Å². The molecule has 1 heterocycles. The van der Waals surface area contributed by atoms with Gasteiger partial charge in [-0.1, -0.05) is 18.2 Å². The van der Waals surface area contributed by atoms with E-state index < -0.39 is 5.63 Å². The Kier molecular flexibility index (Phi) is 4.33. The van der Waals surface area contributed by atoms with Crippen molar-refractivity contribution in [3.8, 4) is 5.75 Å².